The van der Waals surface area contributed by atoms with Gasteiger partial charge in [-0.15, -0.1) is 0 Å². The van der Waals surface area contributed by atoms with Gasteiger partial charge in [-0.2, -0.15) is 0 Å². The molecule has 1 unspecified atom stereocenters. The fraction of sp³-hybridized carbons (Fsp3) is 0.263. The molecule has 1 atom stereocenters. The van der Waals surface area contributed by atoms with E-state index in [2.05, 4.69) is 5.32 Å². The van der Waals surface area contributed by atoms with Gasteiger partial charge in [-0.05, 0) is 49.2 Å². The summed E-state index contributed by atoms with van der Waals surface area (Å²) in [6, 6.07) is 9.93. The average molecular weight is 361 g/mol. The zero-order chi connectivity index (χ0) is 18.1. The third-order valence-electron chi connectivity index (χ3n) is 4.36. The Balaban J connectivity index is 1.74. The molecule has 1 saturated heterocycles. The number of halogens is 2. The van der Waals surface area contributed by atoms with Crippen LogP contribution in [0.4, 0.5) is 15.8 Å². The van der Waals surface area contributed by atoms with Crippen molar-refractivity contribution in [3.8, 4) is 0 Å². The van der Waals surface area contributed by atoms with Gasteiger partial charge < -0.3 is 10.2 Å². The molecule has 1 heterocycles. The van der Waals surface area contributed by atoms with Crippen LogP contribution in [-0.4, -0.2) is 18.4 Å². The summed E-state index contributed by atoms with van der Waals surface area (Å²) in [6.07, 6.45) is 0.117. The Morgan fingerprint density at radius 2 is 2.00 bits per heavy atom. The third kappa shape index (κ3) is 3.66. The van der Waals surface area contributed by atoms with Crippen molar-refractivity contribution in [3.05, 3.63) is 58.4 Å². The largest absolute Gasteiger partial charge is 0.326 e. The summed E-state index contributed by atoms with van der Waals surface area (Å²) >= 11 is 5.79. The number of carbonyl (C=O) groups excluding carboxylic acids is 2. The second-order valence-electron chi connectivity index (χ2n) is 6.31. The standard InChI is InChI=1S/C19H18ClFN2O2/c1-11-3-4-12(2)17(7-11)22-19(25)13-8-18(24)23(10-13)14-5-6-16(21)15(20)9-14/h3-7,9,13H,8,10H2,1-2H3,(H,22,25). The zero-order valence-corrected chi connectivity index (χ0v) is 14.7. The van der Waals surface area contributed by atoms with Crippen molar-refractivity contribution in [1.29, 1.82) is 0 Å². The monoisotopic (exact) mass is 360 g/mol. The minimum absolute atomic E-state index is 0.0476. The zero-order valence-electron chi connectivity index (χ0n) is 14.0. The first-order chi connectivity index (χ1) is 11.8. The highest BCUT2D eigenvalue weighted by Gasteiger charge is 2.35. The van der Waals surface area contributed by atoms with Gasteiger partial charge in [0.05, 0.1) is 10.9 Å². The highest BCUT2D eigenvalue weighted by molar-refractivity contribution is 6.31. The first kappa shape index (κ1) is 17.4. The molecule has 2 aromatic rings. The van der Waals surface area contributed by atoms with Crippen LogP contribution in [0.25, 0.3) is 0 Å². The summed E-state index contributed by atoms with van der Waals surface area (Å²) < 4.78 is 13.3. The molecule has 2 aromatic carbocycles. The number of anilines is 2. The van der Waals surface area contributed by atoms with E-state index in [0.717, 1.165) is 16.8 Å². The van der Waals surface area contributed by atoms with E-state index < -0.39 is 11.7 Å². The number of rotatable bonds is 3. The van der Waals surface area contributed by atoms with Crippen LogP contribution in [0.5, 0.6) is 0 Å². The van der Waals surface area contributed by atoms with Crippen LogP contribution in [0.1, 0.15) is 17.5 Å². The van der Waals surface area contributed by atoms with E-state index in [1.54, 1.807) is 0 Å². The molecular weight excluding hydrogens is 343 g/mol. The van der Waals surface area contributed by atoms with Crippen molar-refractivity contribution in [2.45, 2.75) is 20.3 Å². The van der Waals surface area contributed by atoms with Crippen molar-refractivity contribution < 1.29 is 14.0 Å². The van der Waals surface area contributed by atoms with E-state index in [4.69, 9.17) is 11.6 Å². The van der Waals surface area contributed by atoms with Crippen molar-refractivity contribution in [1.82, 2.24) is 0 Å². The van der Waals surface area contributed by atoms with Gasteiger partial charge in [-0.3, -0.25) is 9.59 Å². The Morgan fingerprint density at radius 1 is 1.24 bits per heavy atom. The number of hydrogen-bond donors (Lipinski definition) is 1. The number of benzene rings is 2. The van der Waals surface area contributed by atoms with Crippen LogP contribution in [-0.2, 0) is 9.59 Å². The number of hydrogen-bond acceptors (Lipinski definition) is 2. The van der Waals surface area contributed by atoms with Gasteiger partial charge >= 0.3 is 0 Å². The topological polar surface area (TPSA) is 49.4 Å². The summed E-state index contributed by atoms with van der Waals surface area (Å²) in [4.78, 5) is 26.3. The molecule has 4 nitrogen and oxygen atoms in total. The predicted molar refractivity (Wildman–Crippen MR) is 96.4 cm³/mol. The van der Waals surface area contributed by atoms with Crippen LogP contribution in [0.3, 0.4) is 0 Å². The molecule has 1 fully saturated rings. The average Bonchev–Trinajstić information content (AvgIpc) is 2.95. The number of aryl methyl sites for hydroxylation is 2. The molecule has 130 valence electrons. The molecule has 0 saturated carbocycles. The molecule has 25 heavy (non-hydrogen) atoms. The summed E-state index contributed by atoms with van der Waals surface area (Å²) in [5, 5.41) is 2.85. The Bertz CT molecular complexity index is 853. The smallest absolute Gasteiger partial charge is 0.229 e. The van der Waals surface area contributed by atoms with Gasteiger partial charge in [0.15, 0.2) is 0 Å². The highest BCUT2D eigenvalue weighted by Crippen LogP contribution is 2.29. The lowest BCUT2D eigenvalue weighted by Gasteiger charge is -2.17. The molecule has 0 aliphatic carbocycles. The third-order valence-corrected chi connectivity index (χ3v) is 4.65. The molecule has 1 aliphatic rings. The Kier molecular flexibility index (Phi) is 4.77. The van der Waals surface area contributed by atoms with E-state index >= 15 is 0 Å². The number of nitrogens with one attached hydrogen (secondary N) is 1. The predicted octanol–water partition coefficient (Wildman–Crippen LogP) is 4.09. The maximum atomic E-state index is 13.3. The highest BCUT2D eigenvalue weighted by atomic mass is 35.5. The van der Waals surface area contributed by atoms with E-state index in [1.165, 1.54) is 23.1 Å². The molecule has 2 amide bonds. The molecular formula is C19H18ClFN2O2. The summed E-state index contributed by atoms with van der Waals surface area (Å²) in [5.74, 6) is -1.38. The Morgan fingerprint density at radius 3 is 2.72 bits per heavy atom. The molecule has 0 aromatic heterocycles. The summed E-state index contributed by atoms with van der Waals surface area (Å²) in [7, 11) is 0. The first-order valence-electron chi connectivity index (χ1n) is 7.98. The minimum atomic E-state index is -0.540. The van der Waals surface area contributed by atoms with Crippen LogP contribution < -0.4 is 10.2 Å². The second kappa shape index (κ2) is 6.84. The van der Waals surface area contributed by atoms with E-state index in [-0.39, 0.29) is 29.8 Å². The first-order valence-corrected chi connectivity index (χ1v) is 8.36. The maximum absolute atomic E-state index is 13.3. The van der Waals surface area contributed by atoms with Gasteiger partial charge in [0.1, 0.15) is 5.82 Å². The molecule has 0 spiro atoms. The Hall–Kier alpha value is -2.40. The molecule has 0 bridgehead atoms. The van der Waals surface area contributed by atoms with Crippen molar-refractivity contribution in [2.75, 3.05) is 16.8 Å². The maximum Gasteiger partial charge on any atom is 0.229 e. The molecule has 6 heteroatoms. The lowest BCUT2D eigenvalue weighted by atomic mass is 10.1. The number of carbonyl (C=O) groups is 2. The second-order valence-corrected chi connectivity index (χ2v) is 6.72. The van der Waals surface area contributed by atoms with Gasteiger partial charge in [0, 0.05) is 24.3 Å². The van der Waals surface area contributed by atoms with E-state index in [9.17, 15) is 14.0 Å². The minimum Gasteiger partial charge on any atom is -0.326 e. The fourth-order valence-electron chi connectivity index (χ4n) is 2.89. The molecule has 0 radical (unpaired) electrons. The van der Waals surface area contributed by atoms with Crippen LogP contribution in [0, 0.1) is 25.6 Å². The van der Waals surface area contributed by atoms with Crippen molar-refractivity contribution >= 4 is 34.8 Å². The quantitative estimate of drug-likeness (QED) is 0.896. The van der Waals surface area contributed by atoms with Crippen molar-refractivity contribution in [3.63, 3.8) is 0 Å². The Labute approximate surface area is 150 Å². The molecule has 1 aliphatic heterocycles. The van der Waals surface area contributed by atoms with Crippen LogP contribution in [0.15, 0.2) is 36.4 Å². The van der Waals surface area contributed by atoms with Crippen LogP contribution in [0.2, 0.25) is 5.02 Å². The summed E-state index contributed by atoms with van der Waals surface area (Å²) in [6.45, 7) is 4.12. The molecule has 1 N–H and O–H groups in total. The van der Waals surface area contributed by atoms with Gasteiger partial charge in [-0.1, -0.05) is 23.7 Å². The fourth-order valence-corrected chi connectivity index (χ4v) is 3.07. The number of nitrogens with zero attached hydrogens (tertiary/aromatic N) is 1. The van der Waals surface area contributed by atoms with Gasteiger partial charge in [0.2, 0.25) is 11.8 Å². The van der Waals surface area contributed by atoms with E-state index in [0.29, 0.717) is 5.69 Å². The van der Waals surface area contributed by atoms with Gasteiger partial charge in [-0.25, -0.2) is 4.39 Å². The van der Waals surface area contributed by atoms with Crippen molar-refractivity contribution in [2.24, 2.45) is 5.92 Å². The lowest BCUT2D eigenvalue weighted by molar-refractivity contribution is -0.122. The normalized spacial score (nSPS) is 17.0. The SMILES string of the molecule is Cc1ccc(C)c(NC(=O)C2CC(=O)N(c3ccc(F)c(Cl)c3)C2)c1. The van der Waals surface area contributed by atoms with E-state index in [1.807, 2.05) is 32.0 Å². The summed E-state index contributed by atoms with van der Waals surface area (Å²) in [5.41, 5.74) is 3.26. The van der Waals surface area contributed by atoms with Crippen LogP contribution >= 0.6 is 11.6 Å². The number of amides is 2. The molecule has 3 rings (SSSR count). The lowest BCUT2D eigenvalue weighted by Crippen LogP contribution is -2.28. The van der Waals surface area contributed by atoms with Gasteiger partial charge in [0.25, 0.3) is 0 Å².